The van der Waals surface area contributed by atoms with E-state index in [4.69, 9.17) is 4.74 Å². The highest BCUT2D eigenvalue weighted by atomic mass is 32.1. The fraction of sp³-hybridized carbons (Fsp3) is 0.526. The number of methoxy groups -OCH3 is 1. The molecule has 0 radical (unpaired) electrons. The van der Waals surface area contributed by atoms with E-state index in [1.54, 1.807) is 6.07 Å². The SMILES string of the molecule is COc1c(F)ccc2cc(C(=O)N[C@@H]3C4CCN(CC4)C34CC4)sc12. The molecule has 4 fully saturated rings. The van der Waals surface area contributed by atoms with Gasteiger partial charge in [0, 0.05) is 5.54 Å². The first-order valence-corrected chi connectivity index (χ1v) is 9.76. The lowest BCUT2D eigenvalue weighted by molar-refractivity contribution is -0.00138. The molecule has 2 bridgehead atoms. The van der Waals surface area contributed by atoms with Gasteiger partial charge < -0.3 is 10.1 Å². The predicted molar refractivity (Wildman–Crippen MR) is 95.9 cm³/mol. The minimum Gasteiger partial charge on any atom is -0.492 e. The zero-order chi connectivity index (χ0) is 17.2. The minimum absolute atomic E-state index is 0.0336. The van der Waals surface area contributed by atoms with Crippen LogP contribution in [0.1, 0.15) is 35.4 Å². The second-order valence-corrected chi connectivity index (χ2v) is 8.54. The largest absolute Gasteiger partial charge is 0.492 e. The van der Waals surface area contributed by atoms with Crippen LogP contribution in [-0.2, 0) is 0 Å². The lowest BCUT2D eigenvalue weighted by Crippen LogP contribution is -2.65. The van der Waals surface area contributed by atoms with Gasteiger partial charge in [-0.25, -0.2) is 4.39 Å². The molecule has 1 atom stereocenters. The van der Waals surface area contributed by atoms with E-state index >= 15 is 0 Å². The number of hydrogen-bond donors (Lipinski definition) is 1. The predicted octanol–water partition coefficient (Wildman–Crippen LogP) is 3.41. The lowest BCUT2D eigenvalue weighted by Gasteiger charge is -2.52. The molecule has 4 nitrogen and oxygen atoms in total. The molecule has 2 aromatic rings. The van der Waals surface area contributed by atoms with Crippen molar-refractivity contribution in [3.8, 4) is 5.75 Å². The number of rotatable bonds is 3. The van der Waals surface area contributed by atoms with Gasteiger partial charge in [-0.2, -0.15) is 0 Å². The number of carbonyl (C=O) groups is 1. The molecule has 1 spiro atoms. The van der Waals surface area contributed by atoms with Gasteiger partial charge in [-0.1, -0.05) is 6.07 Å². The number of piperidine rings is 3. The van der Waals surface area contributed by atoms with Gasteiger partial charge in [-0.15, -0.1) is 11.3 Å². The number of hydrogen-bond acceptors (Lipinski definition) is 4. The smallest absolute Gasteiger partial charge is 0.261 e. The van der Waals surface area contributed by atoms with E-state index in [2.05, 4.69) is 10.2 Å². The van der Waals surface area contributed by atoms with Gasteiger partial charge in [0.15, 0.2) is 11.6 Å². The first-order valence-electron chi connectivity index (χ1n) is 8.94. The Morgan fingerprint density at radius 3 is 2.80 bits per heavy atom. The molecule has 6 heteroatoms. The van der Waals surface area contributed by atoms with Crippen molar-refractivity contribution in [2.75, 3.05) is 20.2 Å². The summed E-state index contributed by atoms with van der Waals surface area (Å²) in [5.74, 6) is 0.396. The maximum atomic E-state index is 13.9. The van der Waals surface area contributed by atoms with Crippen molar-refractivity contribution in [1.29, 1.82) is 0 Å². The average Bonchev–Trinajstić information content (AvgIpc) is 3.28. The van der Waals surface area contributed by atoms with E-state index in [-0.39, 0.29) is 23.2 Å². The Morgan fingerprint density at radius 1 is 1.36 bits per heavy atom. The van der Waals surface area contributed by atoms with E-state index in [1.807, 2.05) is 6.07 Å². The minimum atomic E-state index is -0.391. The summed E-state index contributed by atoms with van der Waals surface area (Å²) in [6, 6.07) is 5.20. The van der Waals surface area contributed by atoms with Crippen LogP contribution < -0.4 is 10.1 Å². The zero-order valence-electron chi connectivity index (χ0n) is 14.2. The normalized spacial score (nSPS) is 29.1. The Kier molecular flexibility index (Phi) is 3.38. The van der Waals surface area contributed by atoms with Crippen molar-refractivity contribution in [1.82, 2.24) is 10.2 Å². The molecule has 4 aliphatic rings. The van der Waals surface area contributed by atoms with E-state index < -0.39 is 5.82 Å². The molecule has 3 saturated heterocycles. The van der Waals surface area contributed by atoms with Gasteiger partial charge >= 0.3 is 0 Å². The zero-order valence-corrected chi connectivity index (χ0v) is 15.0. The molecular weight excluding hydrogens is 339 g/mol. The molecule has 1 aliphatic carbocycles. The van der Waals surface area contributed by atoms with Crippen LogP contribution in [0.2, 0.25) is 0 Å². The molecule has 1 aromatic carbocycles. The molecule has 6 rings (SSSR count). The Balaban J connectivity index is 1.44. The van der Waals surface area contributed by atoms with E-state index in [9.17, 15) is 9.18 Å². The molecule has 132 valence electrons. The fourth-order valence-electron chi connectivity index (χ4n) is 4.89. The molecule has 1 amide bonds. The Bertz CT molecular complexity index is 852. The van der Waals surface area contributed by atoms with Gasteiger partial charge in [0.2, 0.25) is 0 Å². The summed E-state index contributed by atoms with van der Waals surface area (Å²) in [5, 5.41) is 4.18. The highest BCUT2D eigenvalue weighted by Crippen LogP contribution is 2.53. The molecular formula is C19H21FN2O2S. The highest BCUT2D eigenvalue weighted by molar-refractivity contribution is 7.21. The van der Waals surface area contributed by atoms with Crippen LogP contribution in [0, 0.1) is 11.7 Å². The molecule has 25 heavy (non-hydrogen) atoms. The third-order valence-electron chi connectivity index (χ3n) is 6.29. The molecule has 4 heterocycles. The second-order valence-electron chi connectivity index (χ2n) is 7.49. The van der Waals surface area contributed by atoms with Gasteiger partial charge in [0.1, 0.15) is 0 Å². The summed E-state index contributed by atoms with van der Waals surface area (Å²) in [5.41, 5.74) is 0.220. The van der Waals surface area contributed by atoms with Crippen molar-refractivity contribution in [2.24, 2.45) is 5.92 Å². The second kappa shape index (κ2) is 5.42. The molecule has 3 aliphatic heterocycles. The maximum Gasteiger partial charge on any atom is 0.261 e. The van der Waals surface area contributed by atoms with Crippen LogP contribution in [0.15, 0.2) is 18.2 Å². The number of nitrogens with one attached hydrogen (secondary N) is 1. The number of amides is 1. The monoisotopic (exact) mass is 360 g/mol. The number of benzene rings is 1. The van der Waals surface area contributed by atoms with Crippen LogP contribution in [-0.4, -0.2) is 42.6 Å². The standard InChI is InChI=1S/C19H21FN2O2S/c1-24-15-13(20)3-2-12-10-14(25-16(12)15)18(23)21-17-11-4-8-22(9-5-11)19(17)6-7-19/h2-3,10-11,17H,4-9H2,1H3,(H,21,23)/t17-/m1/s1. The van der Waals surface area contributed by atoms with E-state index in [0.29, 0.717) is 15.5 Å². The van der Waals surface area contributed by atoms with Crippen LogP contribution in [0.25, 0.3) is 10.1 Å². The average molecular weight is 360 g/mol. The molecule has 1 saturated carbocycles. The fourth-order valence-corrected chi connectivity index (χ4v) is 5.96. The number of carbonyl (C=O) groups excluding carboxylic acids is 1. The van der Waals surface area contributed by atoms with E-state index in [0.717, 1.165) is 5.39 Å². The Morgan fingerprint density at radius 2 is 2.12 bits per heavy atom. The molecule has 1 N–H and O–H groups in total. The third kappa shape index (κ3) is 2.23. The van der Waals surface area contributed by atoms with Crippen molar-refractivity contribution in [2.45, 2.75) is 37.3 Å². The number of ether oxygens (including phenoxy) is 1. The van der Waals surface area contributed by atoms with Gasteiger partial charge in [0.25, 0.3) is 5.91 Å². The first-order chi connectivity index (χ1) is 12.1. The van der Waals surface area contributed by atoms with Crippen molar-refractivity contribution < 1.29 is 13.9 Å². The summed E-state index contributed by atoms with van der Waals surface area (Å²) in [6.45, 7) is 2.35. The first kappa shape index (κ1) is 15.6. The van der Waals surface area contributed by atoms with Crippen LogP contribution in [0.4, 0.5) is 4.39 Å². The molecule has 1 aromatic heterocycles. The number of halogens is 1. The van der Waals surface area contributed by atoms with Crippen molar-refractivity contribution >= 4 is 27.3 Å². The number of thiophene rings is 1. The van der Waals surface area contributed by atoms with E-state index in [1.165, 1.54) is 63.3 Å². The van der Waals surface area contributed by atoms with Crippen LogP contribution >= 0.6 is 11.3 Å². The van der Waals surface area contributed by atoms with Gasteiger partial charge in [0.05, 0.1) is 22.7 Å². The van der Waals surface area contributed by atoms with Gasteiger partial charge in [-0.3, -0.25) is 9.69 Å². The summed E-state index contributed by atoms with van der Waals surface area (Å²) >= 11 is 1.31. The number of nitrogens with zero attached hydrogens (tertiary/aromatic N) is 1. The van der Waals surface area contributed by atoms with Crippen molar-refractivity contribution in [3.05, 3.63) is 28.9 Å². The quantitative estimate of drug-likeness (QED) is 0.912. The van der Waals surface area contributed by atoms with Crippen LogP contribution in [0.5, 0.6) is 5.75 Å². The summed E-state index contributed by atoms with van der Waals surface area (Å²) in [7, 11) is 1.46. The Labute approximate surface area is 150 Å². The summed E-state index contributed by atoms with van der Waals surface area (Å²) < 4.78 is 19.8. The van der Waals surface area contributed by atoms with Crippen LogP contribution in [0.3, 0.4) is 0 Å². The molecule has 0 unspecified atom stereocenters. The Hall–Kier alpha value is -1.66. The third-order valence-corrected chi connectivity index (χ3v) is 7.44. The number of fused-ring (bicyclic) bond motifs is 3. The van der Waals surface area contributed by atoms with Crippen molar-refractivity contribution in [3.63, 3.8) is 0 Å². The highest BCUT2D eigenvalue weighted by Gasteiger charge is 2.60. The lowest BCUT2D eigenvalue weighted by atomic mass is 9.77. The van der Waals surface area contributed by atoms with Gasteiger partial charge in [-0.05, 0) is 62.2 Å². The maximum absolute atomic E-state index is 13.9. The summed E-state index contributed by atoms with van der Waals surface area (Å²) in [6.07, 6.45) is 4.75. The topological polar surface area (TPSA) is 41.6 Å². The summed E-state index contributed by atoms with van der Waals surface area (Å²) in [4.78, 5) is 16.1.